The Hall–Kier alpha value is -3.79. The van der Waals surface area contributed by atoms with E-state index in [4.69, 9.17) is 14.2 Å². The van der Waals surface area contributed by atoms with E-state index >= 15 is 0 Å². The van der Waals surface area contributed by atoms with E-state index < -0.39 is 28.3 Å². The summed E-state index contributed by atoms with van der Waals surface area (Å²) in [4.78, 5) is 14.3. The number of hydrogen-bond acceptors (Lipinski definition) is 6. The number of amides is 1. The van der Waals surface area contributed by atoms with Crippen LogP contribution >= 0.6 is 0 Å². The maximum Gasteiger partial charge on any atom is 0.265 e. The van der Waals surface area contributed by atoms with Crippen LogP contribution in [0.15, 0.2) is 71.6 Å². The normalized spacial score (nSPS) is 11.0. The van der Waals surface area contributed by atoms with E-state index in [0.29, 0.717) is 11.5 Å². The third-order valence-electron chi connectivity index (χ3n) is 5.35. The highest BCUT2D eigenvalue weighted by Crippen LogP contribution is 2.33. The van der Waals surface area contributed by atoms with Crippen molar-refractivity contribution in [3.63, 3.8) is 0 Å². The van der Waals surface area contributed by atoms with E-state index in [2.05, 4.69) is 0 Å². The van der Waals surface area contributed by atoms with Crippen LogP contribution in [0.1, 0.15) is 5.56 Å². The molecule has 0 aliphatic carbocycles. The molecule has 0 bridgehead atoms. The molecular weight excluding hydrogens is 475 g/mol. The molecule has 0 aromatic heterocycles. The maximum atomic E-state index is 14.7. The molecule has 0 aliphatic heterocycles. The van der Waals surface area contributed by atoms with Gasteiger partial charge >= 0.3 is 0 Å². The van der Waals surface area contributed by atoms with Crippen molar-refractivity contribution in [3.05, 3.63) is 78.1 Å². The van der Waals surface area contributed by atoms with Crippen LogP contribution in [-0.2, 0) is 21.4 Å². The minimum absolute atomic E-state index is 0.177. The molecule has 0 saturated heterocycles. The molecule has 0 spiro atoms. The molecule has 1 amide bonds. The Kier molecular flexibility index (Phi) is 8.18. The van der Waals surface area contributed by atoms with Gasteiger partial charge in [0.1, 0.15) is 18.1 Å². The van der Waals surface area contributed by atoms with Gasteiger partial charge in [0.15, 0.2) is 11.5 Å². The van der Waals surface area contributed by atoms with Gasteiger partial charge in [-0.25, -0.2) is 12.8 Å². The summed E-state index contributed by atoms with van der Waals surface area (Å²) in [5.74, 6) is -0.103. The van der Waals surface area contributed by atoms with Crippen molar-refractivity contribution in [2.75, 3.05) is 39.2 Å². The minimum atomic E-state index is -4.35. The fraction of sp³-hybridized carbons (Fsp3) is 0.240. The van der Waals surface area contributed by atoms with Gasteiger partial charge in [0.05, 0.1) is 31.9 Å². The van der Waals surface area contributed by atoms with Gasteiger partial charge in [-0.2, -0.15) is 0 Å². The zero-order chi connectivity index (χ0) is 25.6. The molecule has 0 unspecified atom stereocenters. The first-order valence-electron chi connectivity index (χ1n) is 10.6. The molecule has 0 aliphatic rings. The molecule has 3 aromatic rings. The predicted octanol–water partition coefficient (Wildman–Crippen LogP) is 3.71. The summed E-state index contributed by atoms with van der Waals surface area (Å²) < 4.78 is 58.3. The fourth-order valence-corrected chi connectivity index (χ4v) is 4.83. The molecular formula is C25H27FN2O6S. The first-order chi connectivity index (χ1) is 16.7. The van der Waals surface area contributed by atoms with Crippen LogP contribution in [0, 0.1) is 5.82 Å². The molecule has 186 valence electrons. The third-order valence-corrected chi connectivity index (χ3v) is 7.10. The fourth-order valence-electron chi connectivity index (χ4n) is 3.39. The molecule has 0 atom stereocenters. The number of rotatable bonds is 10. The maximum absolute atomic E-state index is 14.7. The summed E-state index contributed by atoms with van der Waals surface area (Å²) in [6.45, 7) is -0.380. The monoisotopic (exact) mass is 502 g/mol. The lowest BCUT2D eigenvalue weighted by atomic mass is 10.2. The highest BCUT2D eigenvalue weighted by Gasteiger charge is 2.31. The average Bonchev–Trinajstić information content (AvgIpc) is 2.87. The average molecular weight is 503 g/mol. The summed E-state index contributed by atoms with van der Waals surface area (Å²) in [5.41, 5.74) is 0.579. The Bertz CT molecular complexity index is 1280. The number of carbonyl (C=O) groups is 1. The van der Waals surface area contributed by atoms with Gasteiger partial charge in [-0.3, -0.25) is 9.10 Å². The summed E-state index contributed by atoms with van der Waals surface area (Å²) in [6.07, 6.45) is 0. The van der Waals surface area contributed by atoms with Gasteiger partial charge in [0, 0.05) is 19.7 Å². The molecule has 0 N–H and O–H groups in total. The first kappa shape index (κ1) is 25.8. The van der Waals surface area contributed by atoms with E-state index in [1.54, 1.807) is 38.4 Å². The molecule has 3 rings (SSSR count). The number of ether oxygens (including phenoxy) is 3. The van der Waals surface area contributed by atoms with Gasteiger partial charge < -0.3 is 19.1 Å². The number of anilines is 1. The van der Waals surface area contributed by atoms with Crippen LogP contribution in [-0.4, -0.2) is 54.1 Å². The van der Waals surface area contributed by atoms with Crippen LogP contribution in [0.4, 0.5) is 10.1 Å². The molecule has 3 aromatic carbocycles. The number of hydrogen-bond donors (Lipinski definition) is 0. The van der Waals surface area contributed by atoms with Crippen molar-refractivity contribution in [1.29, 1.82) is 0 Å². The number of para-hydroxylation sites is 1. The van der Waals surface area contributed by atoms with Gasteiger partial charge in [0.25, 0.3) is 10.0 Å². The zero-order valence-corrected chi connectivity index (χ0v) is 20.7. The first-order valence-corrected chi connectivity index (χ1v) is 12.0. The Balaban J connectivity index is 1.94. The van der Waals surface area contributed by atoms with Crippen LogP contribution in [0.2, 0.25) is 0 Å². The number of halogens is 1. The van der Waals surface area contributed by atoms with E-state index in [9.17, 15) is 17.6 Å². The largest absolute Gasteiger partial charge is 0.497 e. The number of sulfonamides is 1. The second-order valence-electron chi connectivity index (χ2n) is 7.58. The number of carbonyl (C=O) groups excluding carboxylic acids is 1. The van der Waals surface area contributed by atoms with Crippen molar-refractivity contribution in [1.82, 2.24) is 4.90 Å². The number of benzene rings is 3. The van der Waals surface area contributed by atoms with Gasteiger partial charge in [0.2, 0.25) is 5.91 Å². The summed E-state index contributed by atoms with van der Waals surface area (Å²) >= 11 is 0. The number of likely N-dealkylation sites (N-methyl/N-ethyl adjacent to an activating group) is 1. The van der Waals surface area contributed by atoms with Crippen molar-refractivity contribution in [2.45, 2.75) is 11.4 Å². The topological polar surface area (TPSA) is 85.4 Å². The van der Waals surface area contributed by atoms with Crippen molar-refractivity contribution < 1.29 is 31.8 Å². The second-order valence-corrected chi connectivity index (χ2v) is 9.44. The van der Waals surface area contributed by atoms with E-state index in [1.807, 2.05) is 0 Å². The van der Waals surface area contributed by atoms with Crippen LogP contribution in [0.25, 0.3) is 0 Å². The van der Waals surface area contributed by atoms with Crippen molar-refractivity contribution >= 4 is 21.6 Å². The van der Waals surface area contributed by atoms with E-state index in [0.717, 1.165) is 15.9 Å². The van der Waals surface area contributed by atoms with Crippen LogP contribution in [0.5, 0.6) is 17.2 Å². The highest BCUT2D eigenvalue weighted by atomic mass is 32.2. The minimum Gasteiger partial charge on any atom is -0.497 e. The molecule has 10 heteroatoms. The Morgan fingerprint density at radius 3 is 2.14 bits per heavy atom. The van der Waals surface area contributed by atoms with Crippen LogP contribution in [0.3, 0.4) is 0 Å². The van der Waals surface area contributed by atoms with Crippen LogP contribution < -0.4 is 18.5 Å². The Morgan fingerprint density at radius 1 is 0.886 bits per heavy atom. The highest BCUT2D eigenvalue weighted by molar-refractivity contribution is 7.92. The third kappa shape index (κ3) is 5.83. The Labute approximate surface area is 204 Å². The van der Waals surface area contributed by atoms with Gasteiger partial charge in [-0.1, -0.05) is 24.3 Å². The molecule has 8 nitrogen and oxygen atoms in total. The lowest BCUT2D eigenvalue weighted by Gasteiger charge is -2.27. The smallest absolute Gasteiger partial charge is 0.265 e. The second kappa shape index (κ2) is 11.1. The predicted molar refractivity (Wildman–Crippen MR) is 130 cm³/mol. The standard InChI is InChI=1S/C25H27FN2O6S/c1-27(16-18-9-11-19(32-2)12-10-18)25(29)17-28(22-8-6-5-7-21(22)26)35(30,31)20-13-14-23(33-3)24(15-20)34-4/h5-15H,16-17H2,1-4H3. The lowest BCUT2D eigenvalue weighted by Crippen LogP contribution is -2.41. The molecule has 0 heterocycles. The van der Waals surface area contributed by atoms with E-state index in [-0.39, 0.29) is 22.9 Å². The van der Waals surface area contributed by atoms with E-state index in [1.165, 1.54) is 55.5 Å². The molecule has 0 radical (unpaired) electrons. The summed E-state index contributed by atoms with van der Waals surface area (Å²) in [6, 6.07) is 16.5. The summed E-state index contributed by atoms with van der Waals surface area (Å²) in [7, 11) is 1.56. The summed E-state index contributed by atoms with van der Waals surface area (Å²) in [5, 5.41) is 0. The Morgan fingerprint density at radius 2 is 1.54 bits per heavy atom. The SMILES string of the molecule is COc1ccc(CN(C)C(=O)CN(c2ccccc2F)S(=O)(=O)c2ccc(OC)c(OC)c2)cc1. The van der Waals surface area contributed by atoms with Crippen molar-refractivity contribution in [3.8, 4) is 17.2 Å². The quantitative estimate of drug-likeness (QED) is 0.420. The van der Waals surface area contributed by atoms with Crippen molar-refractivity contribution in [2.24, 2.45) is 0 Å². The van der Waals surface area contributed by atoms with Gasteiger partial charge in [-0.15, -0.1) is 0 Å². The molecule has 0 saturated carbocycles. The number of nitrogens with zero attached hydrogens (tertiary/aromatic N) is 2. The number of methoxy groups -OCH3 is 3. The zero-order valence-electron chi connectivity index (χ0n) is 19.9. The molecule has 35 heavy (non-hydrogen) atoms. The lowest BCUT2D eigenvalue weighted by molar-refractivity contribution is -0.128. The molecule has 0 fully saturated rings. The van der Waals surface area contributed by atoms with Gasteiger partial charge in [-0.05, 0) is 42.0 Å².